The number of hydrazone groups is 1. The summed E-state index contributed by atoms with van der Waals surface area (Å²) in [7, 11) is 0. The number of nitrogens with zero attached hydrogens (tertiary/aromatic N) is 1. The molecule has 1 aliphatic heterocycles. The van der Waals surface area contributed by atoms with E-state index in [-0.39, 0.29) is 12.7 Å². The van der Waals surface area contributed by atoms with Gasteiger partial charge in [-0.3, -0.25) is 4.79 Å². The lowest BCUT2D eigenvalue weighted by Gasteiger charge is -2.02. The van der Waals surface area contributed by atoms with E-state index in [9.17, 15) is 4.79 Å². The van der Waals surface area contributed by atoms with E-state index in [4.69, 9.17) is 13.9 Å². The van der Waals surface area contributed by atoms with Gasteiger partial charge in [0.1, 0.15) is 11.3 Å². The van der Waals surface area contributed by atoms with Crippen molar-refractivity contribution in [3.05, 3.63) is 59.9 Å². The van der Waals surface area contributed by atoms with Gasteiger partial charge in [0, 0.05) is 10.9 Å². The molecule has 0 saturated heterocycles. The lowest BCUT2D eigenvalue weighted by molar-refractivity contribution is 0.0954. The van der Waals surface area contributed by atoms with Gasteiger partial charge in [-0.2, -0.15) is 5.10 Å². The summed E-state index contributed by atoms with van der Waals surface area (Å²) >= 11 is 0. The fraction of sp³-hybridized carbons (Fsp3) is 0.111. The molecule has 1 aliphatic rings. The van der Waals surface area contributed by atoms with Crippen molar-refractivity contribution in [3.8, 4) is 11.5 Å². The molecule has 6 heteroatoms. The number of carbonyl (C=O) groups excluding carboxylic acids is 1. The summed E-state index contributed by atoms with van der Waals surface area (Å²) in [6, 6.07) is 14.6. The first-order chi connectivity index (χ1) is 11.7. The Kier molecular flexibility index (Phi) is 3.42. The van der Waals surface area contributed by atoms with Gasteiger partial charge >= 0.3 is 0 Å². The zero-order chi connectivity index (χ0) is 16.5. The maximum Gasteiger partial charge on any atom is 0.271 e. The van der Waals surface area contributed by atoms with E-state index >= 15 is 0 Å². The highest BCUT2D eigenvalue weighted by molar-refractivity contribution is 6.01. The number of hydrogen-bond acceptors (Lipinski definition) is 5. The number of rotatable bonds is 3. The monoisotopic (exact) mass is 322 g/mol. The van der Waals surface area contributed by atoms with Crippen molar-refractivity contribution < 1.29 is 18.7 Å². The lowest BCUT2D eigenvalue weighted by Crippen LogP contribution is -2.19. The first kappa shape index (κ1) is 14.3. The predicted octanol–water partition coefficient (Wildman–Crippen LogP) is 3.32. The summed E-state index contributed by atoms with van der Waals surface area (Å²) in [6.07, 6.45) is 0. The molecule has 2 aromatic carbocycles. The lowest BCUT2D eigenvalue weighted by atomic mass is 10.2. The number of amides is 1. The molecule has 0 saturated carbocycles. The van der Waals surface area contributed by atoms with Gasteiger partial charge < -0.3 is 13.9 Å². The highest BCUT2D eigenvalue weighted by Crippen LogP contribution is 2.32. The molecule has 0 spiro atoms. The minimum absolute atomic E-state index is 0.170. The van der Waals surface area contributed by atoms with E-state index in [0.29, 0.717) is 28.5 Å². The molecular formula is C18H14N2O4. The van der Waals surface area contributed by atoms with Crippen LogP contribution in [0.25, 0.3) is 11.0 Å². The van der Waals surface area contributed by atoms with Crippen LogP contribution < -0.4 is 14.9 Å². The van der Waals surface area contributed by atoms with Gasteiger partial charge in [0.25, 0.3) is 5.91 Å². The van der Waals surface area contributed by atoms with Crippen molar-refractivity contribution in [1.82, 2.24) is 5.43 Å². The third kappa shape index (κ3) is 2.58. The Morgan fingerprint density at radius 2 is 1.92 bits per heavy atom. The molecule has 2 heterocycles. The van der Waals surface area contributed by atoms with E-state index < -0.39 is 0 Å². The second-order valence-electron chi connectivity index (χ2n) is 5.35. The van der Waals surface area contributed by atoms with Crippen molar-refractivity contribution >= 4 is 22.6 Å². The van der Waals surface area contributed by atoms with Gasteiger partial charge in [0.15, 0.2) is 17.3 Å². The van der Waals surface area contributed by atoms with Crippen LogP contribution in [0.3, 0.4) is 0 Å². The molecule has 0 aliphatic carbocycles. The SMILES string of the molecule is C/C(=N\NC(=O)c1ccc2c(c1)OCO2)c1cc2ccccc2o1. The molecule has 1 N–H and O–H groups in total. The van der Waals surface area contributed by atoms with Crippen LogP contribution in [-0.4, -0.2) is 18.4 Å². The smallest absolute Gasteiger partial charge is 0.271 e. The van der Waals surface area contributed by atoms with Crippen molar-refractivity contribution in [1.29, 1.82) is 0 Å². The number of ether oxygens (including phenoxy) is 2. The molecule has 4 rings (SSSR count). The molecule has 3 aromatic rings. The van der Waals surface area contributed by atoms with Crippen molar-refractivity contribution in [3.63, 3.8) is 0 Å². The van der Waals surface area contributed by atoms with E-state index in [2.05, 4.69) is 10.5 Å². The van der Waals surface area contributed by atoms with Crippen molar-refractivity contribution in [2.75, 3.05) is 6.79 Å². The Hall–Kier alpha value is -3.28. The maximum atomic E-state index is 12.2. The number of fused-ring (bicyclic) bond motifs is 2. The van der Waals surface area contributed by atoms with E-state index in [0.717, 1.165) is 11.0 Å². The summed E-state index contributed by atoms with van der Waals surface area (Å²) in [5.41, 5.74) is 4.34. The Morgan fingerprint density at radius 3 is 2.79 bits per heavy atom. The molecule has 1 amide bonds. The standard InChI is InChI=1S/C18H14N2O4/c1-11(16-8-12-4-2-3-5-14(12)24-16)19-20-18(21)13-6-7-15-17(9-13)23-10-22-15/h2-9H,10H2,1H3,(H,20,21)/b19-11+. The molecule has 0 unspecified atom stereocenters. The van der Waals surface area contributed by atoms with Crippen molar-refractivity contribution in [2.24, 2.45) is 5.10 Å². The van der Waals surface area contributed by atoms with E-state index in [1.165, 1.54) is 0 Å². The Bertz CT molecular complexity index is 926. The molecule has 120 valence electrons. The Balaban J connectivity index is 1.52. The molecule has 0 radical (unpaired) electrons. The number of hydrogen-bond donors (Lipinski definition) is 1. The van der Waals surface area contributed by atoms with Gasteiger partial charge in [-0.1, -0.05) is 18.2 Å². The number of carbonyl (C=O) groups is 1. The highest BCUT2D eigenvalue weighted by atomic mass is 16.7. The Labute approximate surface area is 137 Å². The van der Waals surface area contributed by atoms with Gasteiger partial charge in [-0.15, -0.1) is 0 Å². The number of nitrogens with one attached hydrogen (secondary N) is 1. The fourth-order valence-corrected chi connectivity index (χ4v) is 2.45. The van der Waals surface area contributed by atoms with Crippen LogP contribution in [0.4, 0.5) is 0 Å². The second-order valence-corrected chi connectivity index (χ2v) is 5.35. The molecule has 0 atom stereocenters. The minimum atomic E-state index is -0.330. The third-order valence-corrected chi connectivity index (χ3v) is 3.74. The summed E-state index contributed by atoms with van der Waals surface area (Å²) in [4.78, 5) is 12.2. The topological polar surface area (TPSA) is 73.1 Å². The average Bonchev–Trinajstić information content (AvgIpc) is 3.24. The van der Waals surface area contributed by atoms with Crippen LogP contribution in [0, 0.1) is 0 Å². The van der Waals surface area contributed by atoms with Crippen LogP contribution in [0.5, 0.6) is 11.5 Å². The molecule has 24 heavy (non-hydrogen) atoms. The first-order valence-electron chi connectivity index (χ1n) is 7.44. The van der Waals surface area contributed by atoms with Crippen LogP contribution in [0.2, 0.25) is 0 Å². The van der Waals surface area contributed by atoms with Crippen LogP contribution in [-0.2, 0) is 0 Å². The van der Waals surface area contributed by atoms with Crippen LogP contribution in [0.15, 0.2) is 58.0 Å². The Morgan fingerprint density at radius 1 is 1.08 bits per heavy atom. The summed E-state index contributed by atoms with van der Waals surface area (Å²) in [5, 5.41) is 5.10. The molecule has 1 aromatic heterocycles. The number of furan rings is 1. The van der Waals surface area contributed by atoms with Gasteiger partial charge in [0.05, 0.1) is 0 Å². The first-order valence-corrected chi connectivity index (χ1v) is 7.44. The fourth-order valence-electron chi connectivity index (χ4n) is 2.45. The average molecular weight is 322 g/mol. The molecule has 6 nitrogen and oxygen atoms in total. The minimum Gasteiger partial charge on any atom is -0.455 e. The number of benzene rings is 2. The van der Waals surface area contributed by atoms with Crippen LogP contribution >= 0.6 is 0 Å². The molecular weight excluding hydrogens is 308 g/mol. The third-order valence-electron chi connectivity index (χ3n) is 3.74. The maximum absolute atomic E-state index is 12.2. The summed E-state index contributed by atoms with van der Waals surface area (Å²) in [5.74, 6) is 1.47. The summed E-state index contributed by atoms with van der Waals surface area (Å²) in [6.45, 7) is 1.95. The normalized spacial score (nSPS) is 13.3. The largest absolute Gasteiger partial charge is 0.455 e. The van der Waals surface area contributed by atoms with E-state index in [1.807, 2.05) is 30.3 Å². The molecule has 0 fully saturated rings. The number of para-hydroxylation sites is 1. The predicted molar refractivity (Wildman–Crippen MR) is 88.5 cm³/mol. The van der Waals surface area contributed by atoms with Crippen molar-refractivity contribution in [2.45, 2.75) is 6.92 Å². The van der Waals surface area contributed by atoms with Crippen LogP contribution in [0.1, 0.15) is 23.0 Å². The zero-order valence-corrected chi connectivity index (χ0v) is 12.9. The quantitative estimate of drug-likeness (QED) is 0.593. The van der Waals surface area contributed by atoms with E-state index in [1.54, 1.807) is 25.1 Å². The van der Waals surface area contributed by atoms with Gasteiger partial charge in [0.2, 0.25) is 6.79 Å². The highest BCUT2D eigenvalue weighted by Gasteiger charge is 2.16. The summed E-state index contributed by atoms with van der Waals surface area (Å²) < 4.78 is 16.2. The molecule has 0 bridgehead atoms. The second kappa shape index (κ2) is 5.73. The zero-order valence-electron chi connectivity index (χ0n) is 12.9. The van der Waals surface area contributed by atoms with Gasteiger partial charge in [-0.05, 0) is 37.3 Å². The van der Waals surface area contributed by atoms with Gasteiger partial charge in [-0.25, -0.2) is 5.43 Å².